The quantitative estimate of drug-likeness (QED) is 0.446. The first-order valence-corrected chi connectivity index (χ1v) is 11.6. The smallest absolute Gasteiger partial charge is 0.191 e. The number of guanidine groups is 1. The molecule has 0 saturated carbocycles. The van der Waals surface area contributed by atoms with Gasteiger partial charge in [-0.15, -0.1) is 0 Å². The molecule has 6 nitrogen and oxygen atoms in total. The van der Waals surface area contributed by atoms with Gasteiger partial charge in [-0.2, -0.15) is 0 Å². The van der Waals surface area contributed by atoms with Crippen molar-refractivity contribution in [3.8, 4) is 11.5 Å². The molecule has 0 bridgehead atoms. The van der Waals surface area contributed by atoms with E-state index in [1.165, 1.54) is 5.56 Å². The number of nitrogens with zero attached hydrogens (tertiary/aromatic N) is 1. The van der Waals surface area contributed by atoms with Crippen molar-refractivity contribution >= 4 is 5.96 Å². The Bertz CT molecular complexity index is 864. The second-order valence-electron chi connectivity index (χ2n) is 8.12. The van der Waals surface area contributed by atoms with Crippen LogP contribution in [0.15, 0.2) is 53.5 Å². The summed E-state index contributed by atoms with van der Waals surface area (Å²) in [7, 11) is 1.81. The zero-order valence-corrected chi connectivity index (χ0v) is 19.8. The largest absolute Gasteiger partial charge is 0.490 e. The van der Waals surface area contributed by atoms with Crippen molar-refractivity contribution in [2.75, 3.05) is 40.0 Å². The molecule has 2 aromatic rings. The van der Waals surface area contributed by atoms with Crippen LogP contribution in [0.2, 0.25) is 0 Å². The summed E-state index contributed by atoms with van der Waals surface area (Å²) in [5, 5.41) is 7.10. The molecule has 32 heavy (non-hydrogen) atoms. The number of benzene rings is 2. The van der Waals surface area contributed by atoms with Gasteiger partial charge in [0.25, 0.3) is 0 Å². The summed E-state index contributed by atoms with van der Waals surface area (Å²) in [5.74, 6) is 2.33. The topological polar surface area (TPSA) is 64.1 Å². The highest BCUT2D eigenvalue weighted by molar-refractivity contribution is 5.80. The zero-order chi connectivity index (χ0) is 22.8. The van der Waals surface area contributed by atoms with E-state index in [1.54, 1.807) is 0 Å². The first-order valence-electron chi connectivity index (χ1n) is 11.6. The molecule has 6 heteroatoms. The van der Waals surface area contributed by atoms with Crippen LogP contribution in [0.4, 0.5) is 0 Å². The average molecular weight is 440 g/mol. The summed E-state index contributed by atoms with van der Waals surface area (Å²) in [6.07, 6.45) is 1.99. The van der Waals surface area contributed by atoms with Crippen LogP contribution in [0.5, 0.6) is 11.5 Å². The average Bonchev–Trinajstić information content (AvgIpc) is 2.84. The summed E-state index contributed by atoms with van der Waals surface area (Å²) >= 11 is 0. The molecule has 1 fully saturated rings. The fourth-order valence-electron chi connectivity index (χ4n) is 4.19. The molecule has 0 radical (unpaired) electrons. The number of rotatable bonds is 9. The number of nitrogens with one attached hydrogen (secondary N) is 2. The van der Waals surface area contributed by atoms with Gasteiger partial charge in [0, 0.05) is 32.2 Å². The third-order valence-corrected chi connectivity index (χ3v) is 6.07. The molecule has 0 aliphatic carbocycles. The number of hydrogen-bond acceptors (Lipinski definition) is 4. The van der Waals surface area contributed by atoms with E-state index in [0.29, 0.717) is 13.2 Å². The normalized spacial score (nSPS) is 16.8. The number of aliphatic imine (C=N–C) groups is 1. The van der Waals surface area contributed by atoms with Crippen molar-refractivity contribution in [3.63, 3.8) is 0 Å². The summed E-state index contributed by atoms with van der Waals surface area (Å²) in [6, 6.07) is 16.9. The Hall–Kier alpha value is -2.73. The Labute approximate surface area is 192 Å². The molecule has 1 atom stereocenters. The summed E-state index contributed by atoms with van der Waals surface area (Å²) in [6.45, 7) is 9.66. The first kappa shape index (κ1) is 23.9. The molecular weight excluding hydrogens is 402 g/mol. The maximum atomic E-state index is 5.79. The van der Waals surface area contributed by atoms with E-state index >= 15 is 0 Å². The molecule has 2 aromatic carbocycles. The van der Waals surface area contributed by atoms with Crippen molar-refractivity contribution in [1.82, 2.24) is 10.6 Å². The second-order valence-corrected chi connectivity index (χ2v) is 8.12. The van der Waals surface area contributed by atoms with Crippen LogP contribution in [-0.2, 0) is 10.2 Å². The fraction of sp³-hybridized carbons (Fsp3) is 0.500. The van der Waals surface area contributed by atoms with E-state index in [2.05, 4.69) is 58.9 Å². The van der Waals surface area contributed by atoms with E-state index < -0.39 is 0 Å². The molecule has 1 saturated heterocycles. The van der Waals surface area contributed by atoms with Gasteiger partial charge >= 0.3 is 0 Å². The first-order chi connectivity index (χ1) is 15.6. The van der Waals surface area contributed by atoms with Gasteiger partial charge in [-0.1, -0.05) is 36.4 Å². The number of ether oxygens (including phenoxy) is 3. The summed E-state index contributed by atoms with van der Waals surface area (Å²) < 4.78 is 17.1. The van der Waals surface area contributed by atoms with Crippen LogP contribution >= 0.6 is 0 Å². The Morgan fingerprint density at radius 1 is 1.03 bits per heavy atom. The van der Waals surface area contributed by atoms with Gasteiger partial charge < -0.3 is 24.8 Å². The van der Waals surface area contributed by atoms with E-state index in [0.717, 1.165) is 55.6 Å². The Morgan fingerprint density at radius 3 is 2.38 bits per heavy atom. The van der Waals surface area contributed by atoms with Crippen LogP contribution in [-0.4, -0.2) is 46.0 Å². The second kappa shape index (κ2) is 11.8. The van der Waals surface area contributed by atoms with Crippen molar-refractivity contribution in [1.29, 1.82) is 0 Å². The minimum Gasteiger partial charge on any atom is -0.490 e. The molecule has 2 N–H and O–H groups in total. The van der Waals surface area contributed by atoms with Crippen molar-refractivity contribution in [2.45, 2.75) is 45.1 Å². The zero-order valence-electron chi connectivity index (χ0n) is 19.8. The number of hydrogen-bond donors (Lipinski definition) is 2. The molecule has 1 aliphatic heterocycles. The molecule has 0 amide bonds. The van der Waals surface area contributed by atoms with Gasteiger partial charge in [-0.25, -0.2) is 0 Å². The standard InChI is InChI=1S/C26H37N3O3/c1-5-31-23-13-12-21(18-24(23)32-6-2)20(3)29-25(27-4)28-19-26(14-16-30-17-15-26)22-10-8-7-9-11-22/h7-13,18,20H,5-6,14-17,19H2,1-4H3,(H2,27,28,29). The Morgan fingerprint density at radius 2 is 1.72 bits per heavy atom. The molecule has 1 aliphatic rings. The molecule has 0 aromatic heterocycles. The van der Waals surface area contributed by atoms with Crippen LogP contribution < -0.4 is 20.1 Å². The minimum absolute atomic E-state index is 0.0433. The molecule has 1 unspecified atom stereocenters. The van der Waals surface area contributed by atoms with Gasteiger partial charge in [0.2, 0.25) is 0 Å². The van der Waals surface area contributed by atoms with Crippen LogP contribution in [0, 0.1) is 0 Å². The lowest BCUT2D eigenvalue weighted by molar-refractivity contribution is 0.0513. The fourth-order valence-corrected chi connectivity index (χ4v) is 4.19. The van der Waals surface area contributed by atoms with Gasteiger partial charge in [-0.05, 0) is 56.9 Å². The Balaban J connectivity index is 1.69. The van der Waals surface area contributed by atoms with Crippen molar-refractivity contribution in [2.24, 2.45) is 4.99 Å². The van der Waals surface area contributed by atoms with E-state index in [-0.39, 0.29) is 11.5 Å². The van der Waals surface area contributed by atoms with Gasteiger partial charge in [0.1, 0.15) is 0 Å². The van der Waals surface area contributed by atoms with E-state index in [4.69, 9.17) is 14.2 Å². The third-order valence-electron chi connectivity index (χ3n) is 6.07. The molecule has 0 spiro atoms. The van der Waals surface area contributed by atoms with Gasteiger partial charge in [0.15, 0.2) is 17.5 Å². The van der Waals surface area contributed by atoms with Gasteiger partial charge in [0.05, 0.1) is 19.3 Å². The molecular formula is C26H37N3O3. The maximum Gasteiger partial charge on any atom is 0.191 e. The van der Waals surface area contributed by atoms with Crippen molar-refractivity contribution < 1.29 is 14.2 Å². The predicted molar refractivity (Wildman–Crippen MR) is 130 cm³/mol. The molecule has 1 heterocycles. The third kappa shape index (κ3) is 5.94. The van der Waals surface area contributed by atoms with Crippen molar-refractivity contribution in [3.05, 3.63) is 59.7 Å². The minimum atomic E-state index is 0.0433. The van der Waals surface area contributed by atoms with E-state index in [9.17, 15) is 0 Å². The van der Waals surface area contributed by atoms with E-state index in [1.807, 2.05) is 33.0 Å². The highest BCUT2D eigenvalue weighted by atomic mass is 16.5. The van der Waals surface area contributed by atoms with Crippen LogP contribution in [0.25, 0.3) is 0 Å². The lowest BCUT2D eigenvalue weighted by Crippen LogP contribution is -2.48. The Kier molecular flexibility index (Phi) is 8.80. The maximum absolute atomic E-state index is 5.79. The SMILES string of the molecule is CCOc1ccc(C(C)NC(=NC)NCC2(c3ccccc3)CCOCC2)cc1OCC. The lowest BCUT2D eigenvalue weighted by Gasteiger charge is -2.38. The summed E-state index contributed by atoms with van der Waals surface area (Å²) in [4.78, 5) is 4.48. The monoisotopic (exact) mass is 439 g/mol. The highest BCUT2D eigenvalue weighted by Crippen LogP contribution is 2.34. The highest BCUT2D eigenvalue weighted by Gasteiger charge is 2.34. The summed E-state index contributed by atoms with van der Waals surface area (Å²) in [5.41, 5.74) is 2.51. The van der Waals surface area contributed by atoms with Crippen LogP contribution in [0.3, 0.4) is 0 Å². The molecule has 3 rings (SSSR count). The van der Waals surface area contributed by atoms with Gasteiger partial charge in [-0.3, -0.25) is 4.99 Å². The molecule has 174 valence electrons. The lowest BCUT2D eigenvalue weighted by atomic mass is 9.74. The predicted octanol–water partition coefficient (Wildman–Crippen LogP) is 4.46. The van der Waals surface area contributed by atoms with Crippen LogP contribution in [0.1, 0.15) is 50.8 Å².